The second-order valence-electron chi connectivity index (χ2n) is 4.14. The van der Waals surface area contributed by atoms with Gasteiger partial charge in [-0.15, -0.1) is 0 Å². The highest BCUT2D eigenvalue weighted by Gasteiger charge is 2.29. The van der Waals surface area contributed by atoms with Gasteiger partial charge in [-0.05, 0) is 25.7 Å². The summed E-state index contributed by atoms with van der Waals surface area (Å²) in [7, 11) is 0. The molecule has 1 aliphatic heterocycles. The van der Waals surface area contributed by atoms with Crippen molar-refractivity contribution in [1.82, 2.24) is 5.32 Å². The van der Waals surface area contributed by atoms with Gasteiger partial charge in [-0.25, -0.2) is 0 Å². The molecule has 0 bridgehead atoms. The molecule has 7 heteroatoms. The van der Waals surface area contributed by atoms with E-state index in [0.29, 0.717) is 19.3 Å². The van der Waals surface area contributed by atoms with Crippen molar-refractivity contribution >= 4 is 5.97 Å². The molecule has 1 rings (SSSR count). The molecule has 100 valence electrons. The van der Waals surface area contributed by atoms with Gasteiger partial charge in [0, 0.05) is 12.6 Å². The molecule has 1 heterocycles. The fraction of sp³-hybridized carbons (Fsp3) is 0.900. The van der Waals surface area contributed by atoms with Gasteiger partial charge in [0.25, 0.3) is 0 Å². The maximum Gasteiger partial charge on any atom is 0.411 e. The topological polar surface area (TPSA) is 58.6 Å². The molecule has 0 saturated carbocycles. The van der Waals surface area contributed by atoms with Gasteiger partial charge in [0.05, 0.1) is 0 Å². The highest BCUT2D eigenvalue weighted by Crippen LogP contribution is 2.17. The minimum absolute atomic E-state index is 0.0510. The molecule has 2 atom stereocenters. The molecule has 2 unspecified atom stereocenters. The van der Waals surface area contributed by atoms with Crippen LogP contribution in [0.3, 0.4) is 0 Å². The maximum atomic E-state index is 11.7. The van der Waals surface area contributed by atoms with E-state index < -0.39 is 24.8 Å². The van der Waals surface area contributed by atoms with Crippen LogP contribution in [0.2, 0.25) is 0 Å². The van der Waals surface area contributed by atoms with Gasteiger partial charge in [-0.3, -0.25) is 4.79 Å². The molecular weight excluding hydrogens is 239 g/mol. The van der Waals surface area contributed by atoms with Crippen molar-refractivity contribution in [1.29, 1.82) is 0 Å². The summed E-state index contributed by atoms with van der Waals surface area (Å²) in [6.45, 7) is -1.17. The van der Waals surface area contributed by atoms with E-state index in [-0.39, 0.29) is 12.6 Å². The number of carbonyl (C=O) groups is 1. The van der Waals surface area contributed by atoms with Crippen LogP contribution < -0.4 is 5.32 Å². The Kier molecular flexibility index (Phi) is 5.20. The van der Waals surface area contributed by atoms with E-state index in [0.717, 1.165) is 6.42 Å². The van der Waals surface area contributed by atoms with Crippen LogP contribution in [-0.2, 0) is 9.53 Å². The normalized spacial score (nSPS) is 25.1. The first kappa shape index (κ1) is 14.2. The lowest BCUT2D eigenvalue weighted by Gasteiger charge is -2.12. The van der Waals surface area contributed by atoms with Crippen molar-refractivity contribution in [2.75, 3.05) is 13.2 Å². The summed E-state index contributed by atoms with van der Waals surface area (Å²) >= 11 is 0. The van der Waals surface area contributed by atoms with E-state index in [2.05, 4.69) is 10.1 Å². The van der Waals surface area contributed by atoms with Crippen LogP contribution in [0.5, 0.6) is 0 Å². The standard InChI is InChI=1S/C10H16F3NO3/c11-10(12,13)6-17-5-1-2-7-3-4-8(14-7)9(15)16/h7-8,14H,1-6H2,(H,15,16). The van der Waals surface area contributed by atoms with Gasteiger partial charge in [-0.2, -0.15) is 13.2 Å². The first-order valence-electron chi connectivity index (χ1n) is 5.52. The van der Waals surface area contributed by atoms with Gasteiger partial charge in [-0.1, -0.05) is 0 Å². The third-order valence-corrected chi connectivity index (χ3v) is 2.65. The van der Waals surface area contributed by atoms with Crippen LogP contribution >= 0.6 is 0 Å². The molecule has 0 amide bonds. The lowest BCUT2D eigenvalue weighted by atomic mass is 10.1. The van der Waals surface area contributed by atoms with Crippen molar-refractivity contribution in [2.24, 2.45) is 0 Å². The van der Waals surface area contributed by atoms with E-state index >= 15 is 0 Å². The third-order valence-electron chi connectivity index (χ3n) is 2.65. The first-order chi connectivity index (χ1) is 7.88. The molecule has 1 saturated heterocycles. The minimum Gasteiger partial charge on any atom is -0.480 e. The largest absolute Gasteiger partial charge is 0.480 e. The Hall–Kier alpha value is -0.820. The molecule has 0 spiro atoms. The number of nitrogens with one attached hydrogen (secondary N) is 1. The van der Waals surface area contributed by atoms with Gasteiger partial charge < -0.3 is 15.2 Å². The number of hydrogen-bond donors (Lipinski definition) is 2. The molecule has 1 fully saturated rings. The number of hydrogen-bond acceptors (Lipinski definition) is 3. The van der Waals surface area contributed by atoms with Crippen molar-refractivity contribution in [3.63, 3.8) is 0 Å². The summed E-state index contributed by atoms with van der Waals surface area (Å²) in [5.74, 6) is -0.874. The van der Waals surface area contributed by atoms with Crippen LogP contribution in [-0.4, -0.2) is 42.5 Å². The van der Waals surface area contributed by atoms with Crippen molar-refractivity contribution in [2.45, 2.75) is 43.9 Å². The molecule has 0 aliphatic carbocycles. The fourth-order valence-electron chi connectivity index (χ4n) is 1.86. The van der Waals surface area contributed by atoms with E-state index in [1.54, 1.807) is 0 Å². The Morgan fingerprint density at radius 2 is 2.12 bits per heavy atom. The average Bonchev–Trinajstić information content (AvgIpc) is 2.64. The average molecular weight is 255 g/mol. The van der Waals surface area contributed by atoms with E-state index in [1.165, 1.54) is 0 Å². The van der Waals surface area contributed by atoms with Gasteiger partial charge in [0.1, 0.15) is 12.6 Å². The number of ether oxygens (including phenoxy) is 1. The second-order valence-corrected chi connectivity index (χ2v) is 4.14. The third kappa shape index (κ3) is 5.88. The molecule has 0 aromatic rings. The van der Waals surface area contributed by atoms with Crippen molar-refractivity contribution in [3.05, 3.63) is 0 Å². The zero-order valence-corrected chi connectivity index (χ0v) is 9.29. The van der Waals surface area contributed by atoms with Crippen LogP contribution in [0.1, 0.15) is 25.7 Å². The number of rotatable bonds is 6. The Balaban J connectivity index is 2.03. The van der Waals surface area contributed by atoms with Gasteiger partial charge in [0.2, 0.25) is 0 Å². The van der Waals surface area contributed by atoms with E-state index in [1.807, 2.05) is 0 Å². The minimum atomic E-state index is -4.28. The highest BCUT2D eigenvalue weighted by molar-refractivity contribution is 5.73. The molecular formula is C10H16F3NO3. The molecule has 0 aromatic heterocycles. The predicted octanol–water partition coefficient (Wildman–Crippen LogP) is 1.55. The molecule has 4 nitrogen and oxygen atoms in total. The summed E-state index contributed by atoms with van der Waals surface area (Å²) in [5.41, 5.74) is 0. The number of carboxylic acid groups (broad SMARTS) is 1. The summed E-state index contributed by atoms with van der Waals surface area (Å²) in [4.78, 5) is 10.6. The van der Waals surface area contributed by atoms with E-state index in [4.69, 9.17) is 5.11 Å². The Bertz CT molecular complexity index is 258. The highest BCUT2D eigenvalue weighted by atomic mass is 19.4. The second kappa shape index (κ2) is 6.20. The molecule has 2 N–H and O–H groups in total. The summed E-state index contributed by atoms with van der Waals surface area (Å²) in [6.07, 6.45) is -1.82. The Morgan fingerprint density at radius 3 is 2.65 bits per heavy atom. The fourth-order valence-corrected chi connectivity index (χ4v) is 1.86. The van der Waals surface area contributed by atoms with Crippen LogP contribution in [0, 0.1) is 0 Å². The Morgan fingerprint density at radius 1 is 1.41 bits per heavy atom. The summed E-state index contributed by atoms with van der Waals surface area (Å²) in [5, 5.41) is 11.6. The lowest BCUT2D eigenvalue weighted by Crippen LogP contribution is -2.35. The summed E-state index contributed by atoms with van der Waals surface area (Å²) < 4.78 is 39.6. The number of aliphatic carboxylic acids is 1. The monoisotopic (exact) mass is 255 g/mol. The molecule has 17 heavy (non-hydrogen) atoms. The van der Waals surface area contributed by atoms with Gasteiger partial charge >= 0.3 is 12.1 Å². The zero-order chi connectivity index (χ0) is 12.9. The van der Waals surface area contributed by atoms with Gasteiger partial charge in [0.15, 0.2) is 0 Å². The smallest absolute Gasteiger partial charge is 0.411 e. The maximum absolute atomic E-state index is 11.7. The number of carboxylic acids is 1. The SMILES string of the molecule is O=C(O)C1CCC(CCCOCC(F)(F)F)N1. The molecule has 0 aromatic carbocycles. The molecule has 1 aliphatic rings. The van der Waals surface area contributed by atoms with E-state index in [9.17, 15) is 18.0 Å². The number of alkyl halides is 3. The zero-order valence-electron chi connectivity index (χ0n) is 9.29. The number of halogens is 3. The van der Waals surface area contributed by atoms with Crippen LogP contribution in [0.25, 0.3) is 0 Å². The molecule has 0 radical (unpaired) electrons. The van der Waals surface area contributed by atoms with Crippen LogP contribution in [0.15, 0.2) is 0 Å². The first-order valence-corrected chi connectivity index (χ1v) is 5.52. The quantitative estimate of drug-likeness (QED) is 0.707. The Labute approximate surface area is 97.1 Å². The lowest BCUT2D eigenvalue weighted by molar-refractivity contribution is -0.174. The van der Waals surface area contributed by atoms with Crippen LogP contribution in [0.4, 0.5) is 13.2 Å². The predicted molar refractivity (Wildman–Crippen MR) is 53.7 cm³/mol. The van der Waals surface area contributed by atoms with Crippen molar-refractivity contribution < 1.29 is 27.8 Å². The summed E-state index contributed by atoms with van der Waals surface area (Å²) in [6, 6.07) is -0.443. The van der Waals surface area contributed by atoms with Crippen molar-refractivity contribution in [3.8, 4) is 0 Å².